The summed E-state index contributed by atoms with van der Waals surface area (Å²) in [7, 11) is 0. The first-order valence-corrected chi connectivity index (χ1v) is 7.82. The lowest BCUT2D eigenvalue weighted by atomic mass is 9.98. The maximum Gasteiger partial charge on any atom is 0.258 e. The van der Waals surface area contributed by atoms with Gasteiger partial charge < -0.3 is 10.6 Å². The van der Waals surface area contributed by atoms with Gasteiger partial charge in [-0.1, -0.05) is 22.0 Å². The number of benzene rings is 2. The van der Waals surface area contributed by atoms with Gasteiger partial charge in [0.1, 0.15) is 0 Å². The molecule has 0 aromatic heterocycles. The number of halogens is 1. The van der Waals surface area contributed by atoms with Crippen molar-refractivity contribution in [2.45, 2.75) is 19.8 Å². The van der Waals surface area contributed by atoms with Gasteiger partial charge in [0.05, 0.1) is 0 Å². The van der Waals surface area contributed by atoms with Gasteiger partial charge in [0, 0.05) is 28.0 Å². The monoisotopic (exact) mass is 344 g/mol. The van der Waals surface area contributed by atoms with Gasteiger partial charge in [-0.05, 0) is 61.2 Å². The van der Waals surface area contributed by atoms with Crippen molar-refractivity contribution in [2.75, 3.05) is 17.2 Å². The minimum absolute atomic E-state index is 0.0477. The van der Waals surface area contributed by atoms with Gasteiger partial charge in [0.15, 0.2) is 0 Å². The lowest BCUT2D eigenvalue weighted by Crippen LogP contribution is -2.36. The molecule has 0 radical (unpaired) electrons. The third-order valence-electron chi connectivity index (χ3n) is 3.95. The predicted molar refractivity (Wildman–Crippen MR) is 89.7 cm³/mol. The molecule has 0 bridgehead atoms. The maximum absolute atomic E-state index is 12.9. The number of carbonyl (C=O) groups excluding carboxylic acids is 1. The van der Waals surface area contributed by atoms with E-state index in [9.17, 15) is 4.79 Å². The molecule has 1 aliphatic heterocycles. The Kier molecular flexibility index (Phi) is 3.72. The van der Waals surface area contributed by atoms with Gasteiger partial charge in [0.25, 0.3) is 5.91 Å². The summed E-state index contributed by atoms with van der Waals surface area (Å²) in [6.07, 6.45) is 1.88. The first-order valence-electron chi connectivity index (χ1n) is 7.03. The molecule has 2 aromatic rings. The highest BCUT2D eigenvalue weighted by atomic mass is 79.9. The van der Waals surface area contributed by atoms with Gasteiger partial charge in [-0.25, -0.2) is 0 Å². The number of fused-ring (bicyclic) bond motifs is 1. The van der Waals surface area contributed by atoms with Crippen molar-refractivity contribution < 1.29 is 4.79 Å². The van der Waals surface area contributed by atoms with E-state index in [1.165, 1.54) is 0 Å². The summed E-state index contributed by atoms with van der Waals surface area (Å²) in [6, 6.07) is 11.5. The number of nitrogens with two attached hydrogens (primary N) is 1. The Labute approximate surface area is 132 Å². The molecule has 0 spiro atoms. The average Bonchev–Trinajstić information content (AvgIpc) is 2.46. The zero-order valence-electron chi connectivity index (χ0n) is 11.9. The molecule has 2 N–H and O–H groups in total. The third kappa shape index (κ3) is 2.56. The number of amides is 1. The molecule has 3 rings (SSSR count). The van der Waals surface area contributed by atoms with E-state index in [2.05, 4.69) is 15.9 Å². The second-order valence-corrected chi connectivity index (χ2v) is 6.28. The highest BCUT2D eigenvalue weighted by Crippen LogP contribution is 2.32. The van der Waals surface area contributed by atoms with Crippen LogP contribution in [-0.2, 0) is 6.42 Å². The molecule has 3 nitrogen and oxygen atoms in total. The molecule has 2 aromatic carbocycles. The van der Waals surface area contributed by atoms with Crippen molar-refractivity contribution in [3.63, 3.8) is 0 Å². The summed E-state index contributed by atoms with van der Waals surface area (Å²) >= 11 is 3.44. The molecule has 0 fully saturated rings. The van der Waals surface area contributed by atoms with Crippen LogP contribution in [0.15, 0.2) is 40.9 Å². The molecule has 0 saturated carbocycles. The Morgan fingerprint density at radius 3 is 2.86 bits per heavy atom. The molecule has 108 valence electrons. The van der Waals surface area contributed by atoms with Crippen LogP contribution < -0.4 is 10.6 Å². The van der Waals surface area contributed by atoms with Crippen LogP contribution in [0.3, 0.4) is 0 Å². The number of carbonyl (C=O) groups is 1. The van der Waals surface area contributed by atoms with E-state index in [-0.39, 0.29) is 5.91 Å². The zero-order valence-corrected chi connectivity index (χ0v) is 13.5. The molecule has 1 heterocycles. The topological polar surface area (TPSA) is 46.3 Å². The molecule has 0 aliphatic carbocycles. The van der Waals surface area contributed by atoms with Gasteiger partial charge in [-0.3, -0.25) is 4.79 Å². The molecule has 4 heteroatoms. The maximum atomic E-state index is 12.9. The second kappa shape index (κ2) is 5.53. The van der Waals surface area contributed by atoms with Crippen molar-refractivity contribution in [3.8, 4) is 0 Å². The van der Waals surface area contributed by atoms with E-state index in [4.69, 9.17) is 5.73 Å². The molecule has 0 atom stereocenters. The summed E-state index contributed by atoms with van der Waals surface area (Å²) in [5.74, 6) is 0.0477. The minimum atomic E-state index is 0.0477. The molecule has 0 unspecified atom stereocenters. The van der Waals surface area contributed by atoms with E-state index in [0.717, 1.165) is 51.9 Å². The van der Waals surface area contributed by atoms with Crippen molar-refractivity contribution >= 4 is 33.2 Å². The first-order chi connectivity index (χ1) is 10.1. The number of aryl methyl sites for hydroxylation is 1. The Balaban J connectivity index is 2.02. The largest absolute Gasteiger partial charge is 0.398 e. The second-order valence-electron chi connectivity index (χ2n) is 5.36. The van der Waals surface area contributed by atoms with Crippen LogP contribution in [0, 0.1) is 6.92 Å². The fraction of sp³-hybridized carbons (Fsp3) is 0.235. The van der Waals surface area contributed by atoms with E-state index in [1.807, 2.05) is 48.2 Å². The van der Waals surface area contributed by atoms with Gasteiger partial charge in [-0.2, -0.15) is 0 Å². The standard InChI is InChI=1S/C17H17BrN2O/c1-11-10-12(18)7-8-13(11)17(21)20-9-3-4-14-15(19)5-2-6-16(14)20/h2,5-8,10H,3-4,9,19H2,1H3. The lowest BCUT2D eigenvalue weighted by Gasteiger charge is -2.30. The van der Waals surface area contributed by atoms with Gasteiger partial charge in [-0.15, -0.1) is 0 Å². The number of hydrogen-bond donors (Lipinski definition) is 1. The summed E-state index contributed by atoms with van der Waals surface area (Å²) in [5.41, 5.74) is 10.6. The molecule has 0 saturated heterocycles. The summed E-state index contributed by atoms with van der Waals surface area (Å²) in [4.78, 5) is 14.7. The Morgan fingerprint density at radius 2 is 2.10 bits per heavy atom. The van der Waals surface area contributed by atoms with Crippen LogP contribution in [0.5, 0.6) is 0 Å². The normalized spacial score (nSPS) is 13.9. The number of nitrogen functional groups attached to an aromatic ring is 1. The van der Waals surface area contributed by atoms with Crippen LogP contribution >= 0.6 is 15.9 Å². The number of rotatable bonds is 1. The fourth-order valence-corrected chi connectivity index (χ4v) is 3.35. The van der Waals surface area contributed by atoms with Crippen LogP contribution in [0.1, 0.15) is 27.9 Å². The average molecular weight is 345 g/mol. The quantitative estimate of drug-likeness (QED) is 0.796. The Bertz CT molecular complexity index is 712. The van der Waals surface area contributed by atoms with E-state index in [1.54, 1.807) is 0 Å². The predicted octanol–water partition coefficient (Wildman–Crippen LogP) is 3.93. The van der Waals surface area contributed by atoms with E-state index < -0.39 is 0 Å². The highest BCUT2D eigenvalue weighted by Gasteiger charge is 2.25. The molecule has 21 heavy (non-hydrogen) atoms. The molecular formula is C17H17BrN2O. The lowest BCUT2D eigenvalue weighted by molar-refractivity contribution is 0.0984. The molecular weight excluding hydrogens is 328 g/mol. The number of hydrogen-bond acceptors (Lipinski definition) is 2. The van der Waals surface area contributed by atoms with E-state index >= 15 is 0 Å². The van der Waals surface area contributed by atoms with Crippen molar-refractivity contribution in [3.05, 3.63) is 57.6 Å². The SMILES string of the molecule is Cc1cc(Br)ccc1C(=O)N1CCCc2c(N)cccc21. The van der Waals surface area contributed by atoms with Crippen LogP contribution in [-0.4, -0.2) is 12.5 Å². The molecule has 1 aliphatic rings. The van der Waals surface area contributed by atoms with E-state index in [0.29, 0.717) is 0 Å². The van der Waals surface area contributed by atoms with Crippen LogP contribution in [0.4, 0.5) is 11.4 Å². The van der Waals surface area contributed by atoms with Crippen LogP contribution in [0.25, 0.3) is 0 Å². The Morgan fingerprint density at radius 1 is 1.29 bits per heavy atom. The number of nitrogens with zero attached hydrogens (tertiary/aromatic N) is 1. The summed E-state index contributed by atoms with van der Waals surface area (Å²) in [5, 5.41) is 0. The highest BCUT2D eigenvalue weighted by molar-refractivity contribution is 9.10. The Hall–Kier alpha value is -1.81. The van der Waals surface area contributed by atoms with Crippen molar-refractivity contribution in [2.24, 2.45) is 0 Å². The first kappa shape index (κ1) is 14.1. The minimum Gasteiger partial charge on any atom is -0.398 e. The smallest absolute Gasteiger partial charge is 0.258 e. The summed E-state index contributed by atoms with van der Waals surface area (Å²) in [6.45, 7) is 2.70. The van der Waals surface area contributed by atoms with Crippen molar-refractivity contribution in [1.29, 1.82) is 0 Å². The summed E-state index contributed by atoms with van der Waals surface area (Å²) < 4.78 is 0.986. The fourth-order valence-electron chi connectivity index (χ4n) is 2.88. The van der Waals surface area contributed by atoms with Gasteiger partial charge in [0.2, 0.25) is 0 Å². The third-order valence-corrected chi connectivity index (χ3v) is 4.44. The van der Waals surface area contributed by atoms with Gasteiger partial charge >= 0.3 is 0 Å². The van der Waals surface area contributed by atoms with Crippen LogP contribution in [0.2, 0.25) is 0 Å². The zero-order chi connectivity index (χ0) is 15.0. The van der Waals surface area contributed by atoms with Crippen molar-refractivity contribution in [1.82, 2.24) is 0 Å². The number of anilines is 2. The molecule has 1 amide bonds.